The molecule has 1 aliphatic rings. The Balaban J connectivity index is 1.92. The van der Waals surface area contributed by atoms with E-state index in [0.717, 1.165) is 28.7 Å². The highest BCUT2D eigenvalue weighted by Crippen LogP contribution is 2.21. The zero-order valence-electron chi connectivity index (χ0n) is 8.86. The van der Waals surface area contributed by atoms with Gasteiger partial charge in [-0.05, 0) is 34.8 Å². The first-order chi connectivity index (χ1) is 7.65. The quantitative estimate of drug-likeness (QED) is 0.908. The molecule has 0 spiro atoms. The van der Waals surface area contributed by atoms with E-state index in [-0.39, 0.29) is 12.0 Å². The SMILES string of the molecule is O=C(Cc1cc(Br)cs1)N1CCCC(O)C1. The number of halogens is 1. The van der Waals surface area contributed by atoms with Crippen molar-refractivity contribution < 1.29 is 9.90 Å². The van der Waals surface area contributed by atoms with E-state index in [2.05, 4.69) is 15.9 Å². The average molecular weight is 304 g/mol. The first kappa shape index (κ1) is 12.1. The van der Waals surface area contributed by atoms with Gasteiger partial charge in [0.1, 0.15) is 0 Å². The van der Waals surface area contributed by atoms with Crippen molar-refractivity contribution in [1.29, 1.82) is 0 Å². The minimum absolute atomic E-state index is 0.119. The van der Waals surface area contributed by atoms with Crippen molar-refractivity contribution in [3.8, 4) is 0 Å². The molecule has 1 fully saturated rings. The van der Waals surface area contributed by atoms with E-state index in [9.17, 15) is 9.90 Å². The summed E-state index contributed by atoms with van der Waals surface area (Å²) in [5, 5.41) is 11.5. The summed E-state index contributed by atoms with van der Waals surface area (Å²) < 4.78 is 1.03. The molecule has 0 saturated carbocycles. The highest BCUT2D eigenvalue weighted by atomic mass is 79.9. The van der Waals surface area contributed by atoms with Gasteiger partial charge in [-0.3, -0.25) is 4.79 Å². The fraction of sp³-hybridized carbons (Fsp3) is 0.545. The predicted molar refractivity (Wildman–Crippen MR) is 67.5 cm³/mol. The molecule has 1 saturated heterocycles. The maximum absolute atomic E-state index is 11.9. The molecular formula is C11H14BrNO2S. The summed E-state index contributed by atoms with van der Waals surface area (Å²) in [6.07, 6.45) is 1.83. The summed E-state index contributed by atoms with van der Waals surface area (Å²) in [5.74, 6) is 0.119. The fourth-order valence-corrected chi connectivity index (χ4v) is 3.33. The number of aliphatic hydroxyl groups is 1. The Labute approximate surface area is 107 Å². The average Bonchev–Trinajstić information content (AvgIpc) is 2.64. The molecule has 0 radical (unpaired) electrons. The molecule has 0 aliphatic carbocycles. The first-order valence-electron chi connectivity index (χ1n) is 5.34. The normalized spacial score (nSPS) is 21.1. The molecular weight excluding hydrogens is 290 g/mol. The van der Waals surface area contributed by atoms with Crippen LogP contribution in [0.15, 0.2) is 15.9 Å². The maximum Gasteiger partial charge on any atom is 0.227 e. The molecule has 1 atom stereocenters. The van der Waals surface area contributed by atoms with Crippen LogP contribution in [-0.4, -0.2) is 35.1 Å². The Morgan fingerprint density at radius 2 is 2.50 bits per heavy atom. The van der Waals surface area contributed by atoms with Crippen LogP contribution in [0.3, 0.4) is 0 Å². The summed E-state index contributed by atoms with van der Waals surface area (Å²) in [6, 6.07) is 1.98. The fourth-order valence-electron chi connectivity index (χ4n) is 1.89. The van der Waals surface area contributed by atoms with E-state index < -0.39 is 0 Å². The largest absolute Gasteiger partial charge is 0.391 e. The number of rotatable bonds is 2. The van der Waals surface area contributed by atoms with Crippen LogP contribution in [-0.2, 0) is 11.2 Å². The maximum atomic E-state index is 11.9. The third-order valence-electron chi connectivity index (χ3n) is 2.70. The van der Waals surface area contributed by atoms with Crippen LogP contribution in [0.5, 0.6) is 0 Å². The van der Waals surface area contributed by atoms with Crippen LogP contribution in [0.4, 0.5) is 0 Å². The van der Waals surface area contributed by atoms with Gasteiger partial charge in [0.15, 0.2) is 0 Å². The van der Waals surface area contributed by atoms with Gasteiger partial charge in [0, 0.05) is 27.8 Å². The van der Waals surface area contributed by atoms with E-state index in [1.165, 1.54) is 0 Å². The summed E-state index contributed by atoms with van der Waals surface area (Å²) in [7, 11) is 0. The van der Waals surface area contributed by atoms with Crippen LogP contribution in [0.2, 0.25) is 0 Å². The van der Waals surface area contributed by atoms with E-state index in [0.29, 0.717) is 13.0 Å². The lowest BCUT2D eigenvalue weighted by Gasteiger charge is -2.30. The molecule has 0 aromatic carbocycles. The van der Waals surface area contributed by atoms with Crippen LogP contribution in [0.25, 0.3) is 0 Å². The van der Waals surface area contributed by atoms with Gasteiger partial charge >= 0.3 is 0 Å². The summed E-state index contributed by atoms with van der Waals surface area (Å²) >= 11 is 4.96. The van der Waals surface area contributed by atoms with Gasteiger partial charge in [-0.2, -0.15) is 0 Å². The zero-order valence-corrected chi connectivity index (χ0v) is 11.3. The zero-order chi connectivity index (χ0) is 11.5. The Hall–Kier alpha value is -0.390. The highest BCUT2D eigenvalue weighted by molar-refractivity contribution is 9.10. The number of hydrogen-bond donors (Lipinski definition) is 1. The van der Waals surface area contributed by atoms with Crippen molar-refractivity contribution in [2.45, 2.75) is 25.4 Å². The second-order valence-corrected chi connectivity index (χ2v) is 5.96. The highest BCUT2D eigenvalue weighted by Gasteiger charge is 2.22. The molecule has 1 amide bonds. The Bertz CT molecular complexity index is 380. The van der Waals surface area contributed by atoms with Crippen molar-refractivity contribution in [2.75, 3.05) is 13.1 Å². The molecule has 1 N–H and O–H groups in total. The molecule has 2 rings (SSSR count). The molecule has 3 nitrogen and oxygen atoms in total. The van der Waals surface area contributed by atoms with Crippen molar-refractivity contribution in [3.63, 3.8) is 0 Å². The Kier molecular flexibility index (Phi) is 4.00. The minimum Gasteiger partial charge on any atom is -0.391 e. The van der Waals surface area contributed by atoms with Gasteiger partial charge in [-0.25, -0.2) is 0 Å². The molecule has 1 aromatic heterocycles. The van der Waals surface area contributed by atoms with Crippen LogP contribution in [0.1, 0.15) is 17.7 Å². The number of hydrogen-bond acceptors (Lipinski definition) is 3. The number of nitrogens with zero attached hydrogens (tertiary/aromatic N) is 1. The number of likely N-dealkylation sites (tertiary alicyclic amines) is 1. The van der Waals surface area contributed by atoms with Crippen LogP contribution < -0.4 is 0 Å². The smallest absolute Gasteiger partial charge is 0.227 e. The lowest BCUT2D eigenvalue weighted by Crippen LogP contribution is -2.42. The van der Waals surface area contributed by atoms with Crippen molar-refractivity contribution in [1.82, 2.24) is 4.90 Å². The molecule has 88 valence electrons. The van der Waals surface area contributed by atoms with Gasteiger partial charge in [-0.15, -0.1) is 11.3 Å². The van der Waals surface area contributed by atoms with Crippen molar-refractivity contribution >= 4 is 33.2 Å². The number of thiophene rings is 1. The van der Waals surface area contributed by atoms with Gasteiger partial charge in [0.2, 0.25) is 5.91 Å². The second-order valence-electron chi connectivity index (χ2n) is 4.04. The second kappa shape index (κ2) is 5.29. The van der Waals surface area contributed by atoms with Gasteiger partial charge in [-0.1, -0.05) is 0 Å². The van der Waals surface area contributed by atoms with Gasteiger partial charge < -0.3 is 10.0 Å². The number of amides is 1. The molecule has 5 heteroatoms. The number of β-amino-alcohol motifs (C(OH)–C–C–N with tert-alkyl or cyclic N) is 1. The van der Waals surface area contributed by atoms with Gasteiger partial charge in [0.25, 0.3) is 0 Å². The van der Waals surface area contributed by atoms with E-state index >= 15 is 0 Å². The van der Waals surface area contributed by atoms with Crippen LogP contribution >= 0.6 is 27.3 Å². The number of carbonyl (C=O) groups excluding carboxylic acids is 1. The van der Waals surface area contributed by atoms with E-state index in [1.54, 1.807) is 16.2 Å². The van der Waals surface area contributed by atoms with Crippen LogP contribution in [0, 0.1) is 0 Å². The van der Waals surface area contributed by atoms with E-state index in [1.807, 2.05) is 11.4 Å². The first-order valence-corrected chi connectivity index (χ1v) is 7.01. The molecule has 2 heterocycles. The van der Waals surface area contributed by atoms with Gasteiger partial charge in [0.05, 0.1) is 12.5 Å². The third-order valence-corrected chi connectivity index (χ3v) is 4.39. The third kappa shape index (κ3) is 3.06. The summed E-state index contributed by atoms with van der Waals surface area (Å²) in [5.41, 5.74) is 0. The summed E-state index contributed by atoms with van der Waals surface area (Å²) in [4.78, 5) is 14.8. The molecule has 0 bridgehead atoms. The topological polar surface area (TPSA) is 40.5 Å². The van der Waals surface area contributed by atoms with Crippen molar-refractivity contribution in [2.24, 2.45) is 0 Å². The van der Waals surface area contributed by atoms with E-state index in [4.69, 9.17) is 0 Å². The van der Waals surface area contributed by atoms with Crippen molar-refractivity contribution in [3.05, 3.63) is 20.8 Å². The monoisotopic (exact) mass is 303 g/mol. The summed E-state index contributed by atoms with van der Waals surface area (Å²) in [6.45, 7) is 1.27. The number of piperidine rings is 1. The lowest BCUT2D eigenvalue weighted by molar-refractivity contribution is -0.133. The number of carbonyl (C=O) groups is 1. The Morgan fingerprint density at radius 1 is 1.69 bits per heavy atom. The molecule has 16 heavy (non-hydrogen) atoms. The molecule has 1 unspecified atom stereocenters. The predicted octanol–water partition coefficient (Wildman–Crippen LogP) is 2.04. The molecule has 1 aliphatic heterocycles. The molecule has 1 aromatic rings. The standard InChI is InChI=1S/C11H14BrNO2S/c12-8-4-10(16-7-8)5-11(15)13-3-1-2-9(14)6-13/h4,7,9,14H,1-3,5-6H2. The minimum atomic E-state index is -0.340. The Morgan fingerprint density at radius 3 is 3.12 bits per heavy atom. The lowest BCUT2D eigenvalue weighted by atomic mass is 10.1. The number of aliphatic hydroxyl groups excluding tert-OH is 1.